The number of carbonyl (C=O) groups excluding carboxylic acids is 1. The van der Waals surface area contributed by atoms with Crippen LogP contribution in [0.15, 0.2) is 35.7 Å². The van der Waals surface area contributed by atoms with Crippen LogP contribution in [0, 0.1) is 5.41 Å². The molecule has 0 aliphatic heterocycles. The minimum absolute atomic E-state index is 0.183. The summed E-state index contributed by atoms with van der Waals surface area (Å²) >= 11 is 1.70. The van der Waals surface area contributed by atoms with Crippen molar-refractivity contribution in [3.05, 3.63) is 46.2 Å². The topological polar surface area (TPSA) is 38.8 Å². The number of thiophene rings is 1. The van der Waals surface area contributed by atoms with Gasteiger partial charge in [-0.15, -0.1) is 11.3 Å². The van der Waals surface area contributed by atoms with E-state index >= 15 is 0 Å². The van der Waals surface area contributed by atoms with Crippen molar-refractivity contribution in [1.29, 1.82) is 0 Å². The van der Waals surface area contributed by atoms with E-state index in [1.165, 1.54) is 4.88 Å². The number of ether oxygens (including phenoxy) is 2. The van der Waals surface area contributed by atoms with Gasteiger partial charge >= 0.3 is 5.97 Å². The summed E-state index contributed by atoms with van der Waals surface area (Å²) in [6, 6.07) is 10.2. The first kappa shape index (κ1) is 20.0. The zero-order chi connectivity index (χ0) is 19.2. The summed E-state index contributed by atoms with van der Waals surface area (Å²) in [5.41, 5.74) is 1.57. The molecule has 4 nitrogen and oxygen atoms in total. The lowest BCUT2D eigenvalue weighted by atomic mass is 9.97. The second kappa shape index (κ2) is 8.90. The van der Waals surface area contributed by atoms with Crippen molar-refractivity contribution in [2.24, 2.45) is 5.41 Å². The SMILES string of the molecule is COc1cc(N(C)CCOC(=O)C(C)(C)C)ccc1C=Cc1cccs1. The van der Waals surface area contributed by atoms with Crippen LogP contribution in [0.2, 0.25) is 0 Å². The molecule has 0 N–H and O–H groups in total. The molecule has 1 heterocycles. The highest BCUT2D eigenvalue weighted by atomic mass is 32.1. The normalized spacial score (nSPS) is 11.6. The van der Waals surface area contributed by atoms with Gasteiger partial charge in [0.15, 0.2) is 0 Å². The van der Waals surface area contributed by atoms with Crippen molar-refractivity contribution in [3.8, 4) is 5.75 Å². The van der Waals surface area contributed by atoms with Gasteiger partial charge in [0.05, 0.1) is 19.1 Å². The molecule has 1 aromatic heterocycles. The average molecular weight is 374 g/mol. The number of hydrogen-bond donors (Lipinski definition) is 0. The van der Waals surface area contributed by atoms with E-state index in [0.717, 1.165) is 17.0 Å². The summed E-state index contributed by atoms with van der Waals surface area (Å²) in [4.78, 5) is 15.1. The predicted molar refractivity (Wildman–Crippen MR) is 110 cm³/mol. The minimum Gasteiger partial charge on any atom is -0.496 e. The first-order valence-corrected chi connectivity index (χ1v) is 9.47. The van der Waals surface area contributed by atoms with Crippen LogP contribution in [0.3, 0.4) is 0 Å². The first-order valence-electron chi connectivity index (χ1n) is 8.59. The fourth-order valence-corrected chi connectivity index (χ4v) is 2.87. The summed E-state index contributed by atoms with van der Waals surface area (Å²) in [5.74, 6) is 0.631. The van der Waals surface area contributed by atoms with E-state index in [2.05, 4.69) is 23.6 Å². The third-order valence-electron chi connectivity index (χ3n) is 3.90. The molecular weight excluding hydrogens is 346 g/mol. The van der Waals surface area contributed by atoms with E-state index in [0.29, 0.717) is 13.2 Å². The number of carbonyl (C=O) groups is 1. The second-order valence-electron chi connectivity index (χ2n) is 7.08. The summed E-state index contributed by atoms with van der Waals surface area (Å²) in [6.45, 7) is 6.54. The standard InChI is InChI=1S/C21H27NO3S/c1-21(2,3)20(23)25-13-12-22(4)17-10-8-16(19(15-17)24-5)9-11-18-7-6-14-26-18/h6-11,14-15H,12-13H2,1-5H3. The Bertz CT molecular complexity index is 745. The third kappa shape index (κ3) is 5.63. The molecule has 0 spiro atoms. The molecule has 5 heteroatoms. The van der Waals surface area contributed by atoms with Crippen LogP contribution in [0.4, 0.5) is 5.69 Å². The van der Waals surface area contributed by atoms with Gasteiger partial charge in [-0.1, -0.05) is 6.07 Å². The minimum atomic E-state index is -0.474. The Hall–Kier alpha value is -2.27. The van der Waals surface area contributed by atoms with Gasteiger partial charge < -0.3 is 14.4 Å². The highest BCUT2D eigenvalue weighted by Crippen LogP contribution is 2.27. The van der Waals surface area contributed by atoms with Crippen LogP contribution in [0.5, 0.6) is 5.75 Å². The van der Waals surface area contributed by atoms with Gasteiger partial charge in [-0.3, -0.25) is 4.79 Å². The van der Waals surface area contributed by atoms with E-state index in [9.17, 15) is 4.79 Å². The number of likely N-dealkylation sites (N-methyl/N-ethyl adjacent to an activating group) is 1. The molecule has 0 bridgehead atoms. The predicted octanol–water partition coefficient (Wildman–Crippen LogP) is 4.95. The van der Waals surface area contributed by atoms with Crippen molar-refractivity contribution in [3.63, 3.8) is 0 Å². The number of anilines is 1. The van der Waals surface area contributed by atoms with Gasteiger partial charge in [-0.2, -0.15) is 0 Å². The van der Waals surface area contributed by atoms with E-state index < -0.39 is 5.41 Å². The summed E-state index contributed by atoms with van der Waals surface area (Å²) in [7, 11) is 3.65. The van der Waals surface area contributed by atoms with E-state index in [1.54, 1.807) is 18.4 Å². The van der Waals surface area contributed by atoms with Gasteiger partial charge in [0.1, 0.15) is 12.4 Å². The van der Waals surface area contributed by atoms with Gasteiger partial charge in [0.2, 0.25) is 0 Å². The molecule has 0 saturated carbocycles. The molecule has 2 rings (SSSR count). The molecule has 0 atom stereocenters. The van der Waals surface area contributed by atoms with Crippen molar-refractivity contribution >= 4 is 35.1 Å². The van der Waals surface area contributed by atoms with Crippen LogP contribution in [-0.4, -0.2) is 33.3 Å². The fraction of sp³-hybridized carbons (Fsp3) is 0.381. The van der Waals surface area contributed by atoms with Crippen molar-refractivity contribution in [1.82, 2.24) is 0 Å². The molecular formula is C21H27NO3S. The number of hydrogen-bond acceptors (Lipinski definition) is 5. The molecule has 2 aromatic rings. The molecule has 0 fully saturated rings. The van der Waals surface area contributed by atoms with Gasteiger partial charge in [0, 0.05) is 29.2 Å². The smallest absolute Gasteiger partial charge is 0.311 e. The Balaban J connectivity index is 2.00. The summed E-state index contributed by atoms with van der Waals surface area (Å²) in [6.07, 6.45) is 4.14. The largest absolute Gasteiger partial charge is 0.496 e. The van der Waals surface area contributed by atoms with Crippen molar-refractivity contribution in [2.75, 3.05) is 32.2 Å². The quantitative estimate of drug-likeness (QED) is 0.644. The Morgan fingerprint density at radius 2 is 2.00 bits per heavy atom. The van der Waals surface area contributed by atoms with Crippen LogP contribution < -0.4 is 9.64 Å². The van der Waals surface area contributed by atoms with Gasteiger partial charge in [0.25, 0.3) is 0 Å². The lowest BCUT2D eigenvalue weighted by molar-refractivity contribution is -0.152. The number of rotatable bonds is 7. The van der Waals surface area contributed by atoms with E-state index in [1.807, 2.05) is 57.0 Å². The van der Waals surface area contributed by atoms with Crippen LogP contribution in [0.25, 0.3) is 12.2 Å². The Labute approximate surface area is 160 Å². The number of nitrogens with zero attached hydrogens (tertiary/aromatic N) is 1. The zero-order valence-electron chi connectivity index (χ0n) is 16.1. The van der Waals surface area contributed by atoms with Crippen LogP contribution in [0.1, 0.15) is 31.2 Å². The first-order chi connectivity index (χ1) is 12.3. The van der Waals surface area contributed by atoms with Gasteiger partial charge in [-0.25, -0.2) is 0 Å². The molecule has 0 aliphatic carbocycles. The number of benzene rings is 1. The number of methoxy groups -OCH3 is 1. The molecule has 0 amide bonds. The fourth-order valence-electron chi connectivity index (χ4n) is 2.25. The Kier molecular flexibility index (Phi) is 6.86. The average Bonchev–Trinajstić information content (AvgIpc) is 3.12. The van der Waals surface area contributed by atoms with E-state index in [4.69, 9.17) is 9.47 Å². The zero-order valence-corrected chi connectivity index (χ0v) is 16.9. The molecule has 0 unspecified atom stereocenters. The maximum atomic E-state index is 11.8. The van der Waals surface area contributed by atoms with E-state index in [-0.39, 0.29) is 5.97 Å². The van der Waals surface area contributed by atoms with Crippen molar-refractivity contribution in [2.45, 2.75) is 20.8 Å². The van der Waals surface area contributed by atoms with Gasteiger partial charge in [-0.05, 0) is 56.5 Å². The summed E-state index contributed by atoms with van der Waals surface area (Å²) < 4.78 is 10.9. The molecule has 0 radical (unpaired) electrons. The lowest BCUT2D eigenvalue weighted by Gasteiger charge is -2.22. The summed E-state index contributed by atoms with van der Waals surface area (Å²) in [5, 5.41) is 2.06. The Morgan fingerprint density at radius 1 is 1.23 bits per heavy atom. The molecule has 140 valence electrons. The number of esters is 1. The van der Waals surface area contributed by atoms with Crippen LogP contribution >= 0.6 is 11.3 Å². The monoisotopic (exact) mass is 373 g/mol. The molecule has 26 heavy (non-hydrogen) atoms. The second-order valence-corrected chi connectivity index (χ2v) is 8.06. The highest BCUT2D eigenvalue weighted by molar-refractivity contribution is 7.10. The van der Waals surface area contributed by atoms with Crippen LogP contribution in [-0.2, 0) is 9.53 Å². The lowest BCUT2D eigenvalue weighted by Crippen LogP contribution is -2.28. The Morgan fingerprint density at radius 3 is 2.62 bits per heavy atom. The van der Waals surface area contributed by atoms with Crippen molar-refractivity contribution < 1.29 is 14.3 Å². The molecule has 1 aromatic carbocycles. The third-order valence-corrected chi connectivity index (χ3v) is 4.74. The highest BCUT2D eigenvalue weighted by Gasteiger charge is 2.22. The molecule has 0 aliphatic rings. The maximum Gasteiger partial charge on any atom is 0.311 e. The maximum absolute atomic E-state index is 11.8. The molecule has 0 saturated heterocycles.